The second kappa shape index (κ2) is 6.51. The highest BCUT2D eigenvalue weighted by atomic mass is 16.5. The summed E-state index contributed by atoms with van der Waals surface area (Å²) in [4.78, 5) is 8.43. The Labute approximate surface area is 107 Å². The third-order valence-corrected chi connectivity index (χ3v) is 2.50. The molecular formula is C12H20N4O2. The molecule has 0 saturated carbocycles. The molecule has 2 N–H and O–H groups in total. The quantitative estimate of drug-likeness (QED) is 0.802. The number of aromatic nitrogens is 2. The molecule has 1 aliphatic rings. The standard InChI is InChI=1S/C12H20N4O2/c1-9(2)18-12-7-13-6-11(16-12)15-5-10-8-17-4-3-14-10/h6-7,9-10,14H,3-5,8H2,1-2H3,(H,15,16). The third-order valence-electron chi connectivity index (χ3n) is 2.50. The Morgan fingerprint density at radius 2 is 2.44 bits per heavy atom. The van der Waals surface area contributed by atoms with E-state index in [1.807, 2.05) is 13.8 Å². The van der Waals surface area contributed by atoms with E-state index in [0.29, 0.717) is 11.9 Å². The van der Waals surface area contributed by atoms with Crippen molar-refractivity contribution in [3.05, 3.63) is 12.4 Å². The maximum atomic E-state index is 5.49. The van der Waals surface area contributed by atoms with Crippen molar-refractivity contribution in [3.63, 3.8) is 0 Å². The van der Waals surface area contributed by atoms with Crippen LogP contribution in [0.2, 0.25) is 0 Å². The summed E-state index contributed by atoms with van der Waals surface area (Å²) < 4.78 is 10.9. The van der Waals surface area contributed by atoms with Gasteiger partial charge in [0.1, 0.15) is 5.82 Å². The largest absolute Gasteiger partial charge is 0.474 e. The van der Waals surface area contributed by atoms with Crippen LogP contribution in [0.3, 0.4) is 0 Å². The zero-order chi connectivity index (χ0) is 12.8. The molecule has 1 aromatic rings. The summed E-state index contributed by atoms with van der Waals surface area (Å²) in [5, 5.41) is 6.60. The van der Waals surface area contributed by atoms with Gasteiger partial charge in [-0.15, -0.1) is 0 Å². The van der Waals surface area contributed by atoms with Crippen LogP contribution in [0.5, 0.6) is 5.88 Å². The van der Waals surface area contributed by atoms with Gasteiger partial charge in [-0.2, -0.15) is 4.98 Å². The maximum absolute atomic E-state index is 5.49. The van der Waals surface area contributed by atoms with Gasteiger partial charge in [-0.05, 0) is 13.8 Å². The summed E-state index contributed by atoms with van der Waals surface area (Å²) in [7, 11) is 0. The fourth-order valence-corrected chi connectivity index (χ4v) is 1.71. The SMILES string of the molecule is CC(C)Oc1cncc(NCC2COCCN2)n1. The first-order valence-corrected chi connectivity index (χ1v) is 6.28. The molecule has 0 spiro atoms. The lowest BCUT2D eigenvalue weighted by atomic mass is 10.3. The molecule has 0 aliphatic carbocycles. The highest BCUT2D eigenvalue weighted by Crippen LogP contribution is 2.10. The number of rotatable bonds is 5. The minimum Gasteiger partial charge on any atom is -0.474 e. The van der Waals surface area contributed by atoms with E-state index >= 15 is 0 Å². The molecular weight excluding hydrogens is 232 g/mol. The lowest BCUT2D eigenvalue weighted by Crippen LogP contribution is -2.45. The van der Waals surface area contributed by atoms with Gasteiger partial charge < -0.3 is 20.1 Å². The summed E-state index contributed by atoms with van der Waals surface area (Å²) in [6.45, 7) is 7.10. The van der Waals surface area contributed by atoms with Gasteiger partial charge in [0.2, 0.25) is 5.88 Å². The minimum absolute atomic E-state index is 0.1000. The molecule has 6 heteroatoms. The summed E-state index contributed by atoms with van der Waals surface area (Å²) in [5.74, 6) is 1.27. The molecule has 1 atom stereocenters. The number of ether oxygens (including phenoxy) is 2. The molecule has 1 saturated heterocycles. The second-order valence-electron chi connectivity index (χ2n) is 4.52. The van der Waals surface area contributed by atoms with E-state index in [0.717, 1.165) is 32.1 Å². The second-order valence-corrected chi connectivity index (χ2v) is 4.52. The van der Waals surface area contributed by atoms with Crippen LogP contribution in [0.15, 0.2) is 12.4 Å². The van der Waals surface area contributed by atoms with Crippen molar-refractivity contribution >= 4 is 5.82 Å². The van der Waals surface area contributed by atoms with Gasteiger partial charge in [-0.3, -0.25) is 4.98 Å². The average molecular weight is 252 g/mol. The maximum Gasteiger partial charge on any atom is 0.234 e. The van der Waals surface area contributed by atoms with Gasteiger partial charge in [0, 0.05) is 19.1 Å². The molecule has 1 aromatic heterocycles. The molecule has 2 rings (SSSR count). The molecule has 1 unspecified atom stereocenters. The van der Waals surface area contributed by atoms with Crippen LogP contribution in [0, 0.1) is 0 Å². The van der Waals surface area contributed by atoms with E-state index in [9.17, 15) is 0 Å². The molecule has 18 heavy (non-hydrogen) atoms. The predicted molar refractivity (Wildman–Crippen MR) is 68.9 cm³/mol. The number of hydrogen-bond donors (Lipinski definition) is 2. The van der Waals surface area contributed by atoms with Crippen molar-refractivity contribution in [2.24, 2.45) is 0 Å². The smallest absolute Gasteiger partial charge is 0.234 e. The van der Waals surface area contributed by atoms with Crippen LogP contribution >= 0.6 is 0 Å². The Bertz CT molecular complexity index is 367. The van der Waals surface area contributed by atoms with Gasteiger partial charge in [0.05, 0.1) is 31.7 Å². The summed E-state index contributed by atoms with van der Waals surface area (Å²) in [5.41, 5.74) is 0. The van der Waals surface area contributed by atoms with Crippen LogP contribution in [-0.4, -0.2) is 48.4 Å². The van der Waals surface area contributed by atoms with Crippen molar-refractivity contribution in [2.75, 3.05) is 31.6 Å². The first kappa shape index (κ1) is 13.0. The van der Waals surface area contributed by atoms with Crippen molar-refractivity contribution in [3.8, 4) is 5.88 Å². The lowest BCUT2D eigenvalue weighted by molar-refractivity contribution is 0.0806. The summed E-state index contributed by atoms with van der Waals surface area (Å²) in [6.07, 6.45) is 3.41. The molecule has 2 heterocycles. The van der Waals surface area contributed by atoms with Gasteiger partial charge in [0.25, 0.3) is 0 Å². The van der Waals surface area contributed by atoms with Crippen LogP contribution in [0.25, 0.3) is 0 Å². The molecule has 1 fully saturated rings. The predicted octanol–water partition coefficient (Wildman–Crippen LogP) is 0.664. The van der Waals surface area contributed by atoms with E-state index in [4.69, 9.17) is 9.47 Å². The molecule has 100 valence electrons. The van der Waals surface area contributed by atoms with Gasteiger partial charge in [0.15, 0.2) is 0 Å². The highest BCUT2D eigenvalue weighted by Gasteiger charge is 2.12. The van der Waals surface area contributed by atoms with Gasteiger partial charge in [-0.1, -0.05) is 0 Å². The van der Waals surface area contributed by atoms with E-state index in [1.165, 1.54) is 0 Å². The van der Waals surface area contributed by atoms with Gasteiger partial charge in [-0.25, -0.2) is 0 Å². The normalized spacial score (nSPS) is 19.8. The number of morpholine rings is 1. The fraction of sp³-hybridized carbons (Fsp3) is 0.667. The molecule has 1 aliphatic heterocycles. The lowest BCUT2D eigenvalue weighted by Gasteiger charge is -2.24. The Morgan fingerprint density at radius 3 is 3.17 bits per heavy atom. The summed E-state index contributed by atoms with van der Waals surface area (Å²) in [6, 6.07) is 0.315. The van der Waals surface area contributed by atoms with E-state index in [2.05, 4.69) is 20.6 Å². The highest BCUT2D eigenvalue weighted by molar-refractivity contribution is 5.33. The average Bonchev–Trinajstić information content (AvgIpc) is 2.37. The Kier molecular flexibility index (Phi) is 4.72. The summed E-state index contributed by atoms with van der Waals surface area (Å²) >= 11 is 0. The van der Waals surface area contributed by atoms with Crippen molar-refractivity contribution in [1.29, 1.82) is 0 Å². The molecule has 0 aromatic carbocycles. The van der Waals surface area contributed by atoms with E-state index in [-0.39, 0.29) is 6.10 Å². The first-order valence-electron chi connectivity index (χ1n) is 6.28. The zero-order valence-electron chi connectivity index (χ0n) is 10.8. The Balaban J connectivity index is 1.84. The molecule has 0 radical (unpaired) electrons. The zero-order valence-corrected chi connectivity index (χ0v) is 10.8. The number of anilines is 1. The monoisotopic (exact) mass is 252 g/mol. The number of nitrogens with one attached hydrogen (secondary N) is 2. The Hall–Kier alpha value is -1.40. The van der Waals surface area contributed by atoms with Crippen LogP contribution < -0.4 is 15.4 Å². The fourth-order valence-electron chi connectivity index (χ4n) is 1.71. The van der Waals surface area contributed by atoms with E-state index < -0.39 is 0 Å². The van der Waals surface area contributed by atoms with Crippen LogP contribution in [0.1, 0.15) is 13.8 Å². The molecule has 0 bridgehead atoms. The van der Waals surface area contributed by atoms with Crippen molar-refractivity contribution < 1.29 is 9.47 Å². The first-order chi connectivity index (χ1) is 8.74. The van der Waals surface area contributed by atoms with Crippen molar-refractivity contribution in [1.82, 2.24) is 15.3 Å². The van der Waals surface area contributed by atoms with Gasteiger partial charge >= 0.3 is 0 Å². The topological polar surface area (TPSA) is 68.3 Å². The van der Waals surface area contributed by atoms with Crippen LogP contribution in [-0.2, 0) is 4.74 Å². The van der Waals surface area contributed by atoms with E-state index in [1.54, 1.807) is 12.4 Å². The number of hydrogen-bond acceptors (Lipinski definition) is 6. The number of nitrogens with zero attached hydrogens (tertiary/aromatic N) is 2. The van der Waals surface area contributed by atoms with Crippen molar-refractivity contribution in [2.45, 2.75) is 26.0 Å². The minimum atomic E-state index is 0.1000. The third kappa shape index (κ3) is 4.12. The Morgan fingerprint density at radius 1 is 1.56 bits per heavy atom. The van der Waals surface area contributed by atoms with Crippen LogP contribution in [0.4, 0.5) is 5.82 Å². The molecule has 0 amide bonds. The molecule has 6 nitrogen and oxygen atoms in total.